The van der Waals surface area contributed by atoms with Crippen molar-refractivity contribution in [2.24, 2.45) is 0 Å². The number of amides is 1. The Labute approximate surface area is 436 Å². The number of rotatable bonds is 56. The Morgan fingerprint density at radius 3 is 1.17 bits per heavy atom. The van der Waals surface area contributed by atoms with Crippen LogP contribution >= 0.6 is 7.82 Å². The van der Waals surface area contributed by atoms with Gasteiger partial charge in [0, 0.05) is 6.42 Å². The highest BCUT2D eigenvalue weighted by atomic mass is 31.2. The topological polar surface area (TPSA) is 105 Å². The fraction of sp³-hybridized carbons (Fsp3) is 0.885. The molecule has 0 heterocycles. The van der Waals surface area contributed by atoms with Crippen LogP contribution in [0, 0.1) is 0 Å². The number of hydrogen-bond acceptors (Lipinski definition) is 5. The van der Waals surface area contributed by atoms with Crippen LogP contribution in [0.5, 0.6) is 0 Å². The lowest BCUT2D eigenvalue weighted by Crippen LogP contribution is -2.45. The summed E-state index contributed by atoms with van der Waals surface area (Å²) in [6.45, 7) is 4.84. The number of quaternary nitrogens is 1. The van der Waals surface area contributed by atoms with E-state index < -0.39 is 20.0 Å². The second kappa shape index (κ2) is 52.6. The number of nitrogens with zero attached hydrogens (tertiary/aromatic N) is 1. The fourth-order valence-corrected chi connectivity index (χ4v) is 9.81. The summed E-state index contributed by atoms with van der Waals surface area (Å²) >= 11 is 0. The third-order valence-corrected chi connectivity index (χ3v) is 14.8. The summed E-state index contributed by atoms with van der Waals surface area (Å²) in [6, 6.07) is -0.844. The quantitative estimate of drug-likeness (QED) is 0.0243. The van der Waals surface area contributed by atoms with Crippen LogP contribution in [-0.4, -0.2) is 73.4 Å². The molecule has 0 fully saturated rings. The van der Waals surface area contributed by atoms with Gasteiger partial charge in [0.25, 0.3) is 0 Å². The van der Waals surface area contributed by atoms with Crippen LogP contribution in [0.3, 0.4) is 0 Å². The van der Waals surface area contributed by atoms with Crippen LogP contribution in [0.4, 0.5) is 0 Å². The van der Waals surface area contributed by atoms with Gasteiger partial charge in [0.05, 0.1) is 39.9 Å². The van der Waals surface area contributed by atoms with Crippen LogP contribution in [-0.2, 0) is 18.4 Å². The van der Waals surface area contributed by atoms with E-state index in [1.807, 2.05) is 27.2 Å². The van der Waals surface area contributed by atoms with Gasteiger partial charge in [0.15, 0.2) is 0 Å². The van der Waals surface area contributed by atoms with E-state index in [9.17, 15) is 19.4 Å². The average Bonchev–Trinajstić information content (AvgIpc) is 3.32. The minimum absolute atomic E-state index is 0.0627. The average molecular weight is 1010 g/mol. The number of allylic oxidation sites excluding steroid dienone is 5. The molecule has 0 aliphatic heterocycles. The Hall–Kier alpha value is -1.28. The van der Waals surface area contributed by atoms with Crippen molar-refractivity contribution in [3.63, 3.8) is 0 Å². The van der Waals surface area contributed by atoms with Crippen molar-refractivity contribution in [3.8, 4) is 0 Å². The van der Waals surface area contributed by atoms with Gasteiger partial charge in [-0.25, -0.2) is 4.57 Å². The second-order valence-electron chi connectivity index (χ2n) is 22.1. The third-order valence-electron chi connectivity index (χ3n) is 13.9. The highest BCUT2D eigenvalue weighted by Crippen LogP contribution is 2.43. The molecule has 70 heavy (non-hydrogen) atoms. The molecule has 8 nitrogen and oxygen atoms in total. The SMILES string of the molecule is CCCCCCCCCCCCC/C=C\C/C=C\CCCCCCCCCCCCCCCCCCCC(=O)NC(COP(=O)(O)OCC[N+](C)(C)C)C(O)/C=C/CCCCCCCCCCCCC. The predicted octanol–water partition coefficient (Wildman–Crippen LogP) is 18.5. The zero-order valence-electron chi connectivity index (χ0n) is 47.3. The van der Waals surface area contributed by atoms with Gasteiger partial charge < -0.3 is 19.8 Å². The van der Waals surface area contributed by atoms with Crippen LogP contribution < -0.4 is 5.32 Å². The molecule has 0 aromatic carbocycles. The first-order chi connectivity index (χ1) is 34.0. The van der Waals surface area contributed by atoms with Crippen molar-refractivity contribution >= 4 is 13.7 Å². The molecule has 0 radical (unpaired) electrons. The number of phosphoric acid groups is 1. The number of nitrogens with one attached hydrogen (secondary N) is 1. The molecule has 0 aromatic rings. The van der Waals surface area contributed by atoms with E-state index in [0.717, 1.165) is 44.9 Å². The molecule has 3 unspecified atom stereocenters. The predicted molar refractivity (Wildman–Crippen MR) is 304 cm³/mol. The van der Waals surface area contributed by atoms with Crippen molar-refractivity contribution in [2.75, 3.05) is 40.9 Å². The second-order valence-corrected chi connectivity index (χ2v) is 23.5. The van der Waals surface area contributed by atoms with Crippen molar-refractivity contribution in [1.29, 1.82) is 0 Å². The third kappa shape index (κ3) is 54.5. The first-order valence-electron chi connectivity index (χ1n) is 30.4. The number of carbonyl (C=O) groups is 1. The largest absolute Gasteiger partial charge is 0.472 e. The summed E-state index contributed by atoms with van der Waals surface area (Å²) in [5.74, 6) is -0.174. The van der Waals surface area contributed by atoms with E-state index in [0.29, 0.717) is 17.4 Å². The van der Waals surface area contributed by atoms with Crippen LogP contribution in [0.25, 0.3) is 0 Å². The molecular weight excluding hydrogens is 888 g/mol. The molecule has 0 aliphatic carbocycles. The number of aliphatic hydroxyl groups excluding tert-OH is 1. The normalized spacial score (nSPS) is 14.1. The van der Waals surface area contributed by atoms with Gasteiger partial charge in [-0.15, -0.1) is 0 Å². The van der Waals surface area contributed by atoms with Crippen LogP contribution in [0.1, 0.15) is 296 Å². The molecule has 3 atom stereocenters. The van der Waals surface area contributed by atoms with E-state index in [1.54, 1.807) is 6.08 Å². The molecule has 0 aliphatic rings. The van der Waals surface area contributed by atoms with Gasteiger partial charge in [0.2, 0.25) is 5.91 Å². The van der Waals surface area contributed by atoms with Crippen LogP contribution in [0.2, 0.25) is 0 Å². The zero-order chi connectivity index (χ0) is 51.3. The summed E-state index contributed by atoms with van der Waals surface area (Å²) < 4.78 is 23.7. The molecule has 0 spiro atoms. The van der Waals surface area contributed by atoms with Crippen molar-refractivity contribution in [2.45, 2.75) is 309 Å². The molecule has 3 N–H and O–H groups in total. The Morgan fingerprint density at radius 2 is 0.814 bits per heavy atom. The lowest BCUT2D eigenvalue weighted by Gasteiger charge is -2.25. The van der Waals surface area contributed by atoms with Gasteiger partial charge in [-0.1, -0.05) is 275 Å². The van der Waals surface area contributed by atoms with E-state index in [-0.39, 0.29) is 19.1 Å². The monoisotopic (exact) mass is 1010 g/mol. The first kappa shape index (κ1) is 68.7. The lowest BCUT2D eigenvalue weighted by molar-refractivity contribution is -0.870. The fourth-order valence-electron chi connectivity index (χ4n) is 9.08. The van der Waals surface area contributed by atoms with Crippen molar-refractivity contribution in [3.05, 3.63) is 36.5 Å². The minimum Gasteiger partial charge on any atom is -0.387 e. The van der Waals surface area contributed by atoms with Crippen molar-refractivity contribution < 1.29 is 32.9 Å². The Bertz CT molecular complexity index is 1230. The molecule has 1 amide bonds. The maximum absolute atomic E-state index is 13.0. The summed E-state index contributed by atoms with van der Waals surface area (Å²) in [5.41, 5.74) is 0. The summed E-state index contributed by atoms with van der Waals surface area (Å²) in [4.78, 5) is 23.3. The van der Waals surface area contributed by atoms with Gasteiger partial charge >= 0.3 is 7.82 Å². The van der Waals surface area contributed by atoms with E-state index in [2.05, 4.69) is 43.5 Å². The zero-order valence-corrected chi connectivity index (χ0v) is 48.2. The number of aliphatic hydroxyl groups is 1. The standard InChI is InChI=1S/C61H119N2O6P/c1-6-8-10-12-14-16-18-20-21-22-23-24-25-26-27-28-29-30-31-32-33-34-35-36-37-38-39-40-41-43-45-47-49-51-53-55-61(65)62-59(58-69-70(66,67)68-57-56-63(3,4)5)60(64)54-52-50-48-46-44-42-19-17-15-13-11-9-7-2/h25-26,28-29,52,54,59-60,64H,6-24,27,30-51,53,55-58H2,1-5H3,(H-,62,65,66,67)/p+1/b26-25-,29-28-,54-52+. The number of carbonyl (C=O) groups excluding carboxylic acids is 1. The van der Waals surface area contributed by atoms with Gasteiger partial charge in [-0.3, -0.25) is 13.8 Å². The van der Waals surface area contributed by atoms with E-state index in [1.165, 1.54) is 231 Å². The summed E-state index contributed by atoms with van der Waals surface area (Å²) in [5, 5.41) is 13.9. The number of unbranched alkanes of at least 4 members (excludes halogenated alkanes) is 39. The highest BCUT2D eigenvalue weighted by molar-refractivity contribution is 7.47. The summed E-state index contributed by atoms with van der Waals surface area (Å²) in [6.07, 6.45) is 68.4. The molecule has 0 aromatic heterocycles. The van der Waals surface area contributed by atoms with Crippen molar-refractivity contribution in [1.82, 2.24) is 5.32 Å². The Morgan fingerprint density at radius 1 is 0.486 bits per heavy atom. The maximum atomic E-state index is 13.0. The lowest BCUT2D eigenvalue weighted by atomic mass is 10.0. The molecule has 414 valence electrons. The highest BCUT2D eigenvalue weighted by Gasteiger charge is 2.27. The minimum atomic E-state index is -4.34. The Kier molecular flexibility index (Phi) is 51.6. The molecule has 0 bridgehead atoms. The molecule has 0 saturated heterocycles. The van der Waals surface area contributed by atoms with Gasteiger partial charge in [-0.05, 0) is 51.4 Å². The van der Waals surface area contributed by atoms with E-state index in [4.69, 9.17) is 9.05 Å². The molecular formula is C61H120N2O6P+. The number of likely N-dealkylation sites (N-methyl/N-ethyl adjacent to an activating group) is 1. The molecule has 9 heteroatoms. The Balaban J connectivity index is 3.96. The first-order valence-corrected chi connectivity index (χ1v) is 31.9. The molecule has 0 rings (SSSR count). The van der Waals surface area contributed by atoms with Gasteiger partial charge in [0.1, 0.15) is 13.2 Å². The molecule has 0 saturated carbocycles. The number of phosphoric ester groups is 1. The van der Waals surface area contributed by atoms with Crippen LogP contribution in [0.15, 0.2) is 36.5 Å². The number of hydrogen-bond donors (Lipinski definition) is 3. The maximum Gasteiger partial charge on any atom is 0.472 e. The smallest absolute Gasteiger partial charge is 0.387 e. The van der Waals surface area contributed by atoms with E-state index >= 15 is 0 Å². The summed E-state index contributed by atoms with van der Waals surface area (Å²) in [7, 11) is 1.58. The van der Waals surface area contributed by atoms with Gasteiger partial charge in [-0.2, -0.15) is 0 Å².